The highest BCUT2D eigenvalue weighted by molar-refractivity contribution is 6.03. The summed E-state index contributed by atoms with van der Waals surface area (Å²) in [5.74, 6) is 2.96. The second-order valence-electron chi connectivity index (χ2n) is 12.2. The standard InChI is InChI=1S/C21H16F3NO2.C20H18F3NO2/c1-3-14-10-15(12-16(11-14)21(22,23)24)13-27-19-7-5-6-18-17(19)8-9-25(18)20(26)4-2;1-3-19(25)24-8-7-16-17(24)5-4-6-18(16)26-12-14-9-13(2)10-15(11-14)20(21,22)23/h1,4-7,10-12H,2,8-9,13H2;3-6,9-11H,1,7-8,12H2,2H3. The molecule has 6 rings (SSSR count). The van der Waals surface area contributed by atoms with Gasteiger partial charge < -0.3 is 19.3 Å². The van der Waals surface area contributed by atoms with E-state index < -0.39 is 23.5 Å². The van der Waals surface area contributed by atoms with Crippen molar-refractivity contribution in [2.45, 2.75) is 45.3 Å². The van der Waals surface area contributed by atoms with Crippen molar-refractivity contribution in [1.82, 2.24) is 0 Å². The molecule has 0 bridgehead atoms. The number of aryl methyl sites for hydroxylation is 1. The molecule has 0 saturated heterocycles. The number of hydrogen-bond acceptors (Lipinski definition) is 4. The van der Waals surface area contributed by atoms with Gasteiger partial charge in [0.25, 0.3) is 0 Å². The minimum absolute atomic E-state index is 0.0244. The van der Waals surface area contributed by atoms with Crippen LogP contribution in [0.5, 0.6) is 11.5 Å². The number of rotatable bonds is 8. The van der Waals surface area contributed by atoms with Gasteiger partial charge >= 0.3 is 12.4 Å². The van der Waals surface area contributed by atoms with Crippen LogP contribution in [0.15, 0.2) is 98.1 Å². The van der Waals surface area contributed by atoms with Crippen molar-refractivity contribution in [3.8, 4) is 23.8 Å². The van der Waals surface area contributed by atoms with Gasteiger partial charge in [-0.25, -0.2) is 0 Å². The summed E-state index contributed by atoms with van der Waals surface area (Å²) in [6.45, 7) is 9.61. The van der Waals surface area contributed by atoms with E-state index in [1.54, 1.807) is 53.1 Å². The van der Waals surface area contributed by atoms with Gasteiger partial charge in [-0.3, -0.25) is 9.59 Å². The largest absolute Gasteiger partial charge is 0.489 e. The number of anilines is 2. The number of fused-ring (bicyclic) bond motifs is 2. The smallest absolute Gasteiger partial charge is 0.416 e. The number of carbonyl (C=O) groups excluding carboxylic acids is 2. The van der Waals surface area contributed by atoms with E-state index in [2.05, 4.69) is 19.1 Å². The van der Waals surface area contributed by atoms with Gasteiger partial charge in [0.2, 0.25) is 11.8 Å². The zero-order chi connectivity index (χ0) is 38.5. The third kappa shape index (κ3) is 8.92. The second-order valence-corrected chi connectivity index (χ2v) is 12.2. The molecule has 0 N–H and O–H groups in total. The summed E-state index contributed by atoms with van der Waals surface area (Å²) in [5, 5.41) is 0. The Morgan fingerprint density at radius 2 is 1.19 bits per heavy atom. The second kappa shape index (κ2) is 15.7. The molecule has 0 unspecified atom stereocenters. The fraction of sp³-hybridized carbons (Fsp3) is 0.220. The predicted octanol–water partition coefficient (Wildman–Crippen LogP) is 9.01. The average molecular weight is 733 g/mol. The van der Waals surface area contributed by atoms with E-state index in [1.165, 1.54) is 18.2 Å². The van der Waals surface area contributed by atoms with E-state index in [4.69, 9.17) is 15.9 Å². The minimum Gasteiger partial charge on any atom is -0.489 e. The molecule has 2 amide bonds. The zero-order valence-corrected chi connectivity index (χ0v) is 28.6. The van der Waals surface area contributed by atoms with Crippen LogP contribution in [0.1, 0.15) is 44.5 Å². The highest BCUT2D eigenvalue weighted by Crippen LogP contribution is 2.38. The molecule has 6 nitrogen and oxygen atoms in total. The normalized spacial score (nSPS) is 13.2. The van der Waals surface area contributed by atoms with Crippen LogP contribution in [0.25, 0.3) is 0 Å². The number of alkyl halides is 6. The van der Waals surface area contributed by atoms with Gasteiger partial charge in [0.1, 0.15) is 24.7 Å². The van der Waals surface area contributed by atoms with Crippen LogP contribution in [0.4, 0.5) is 37.7 Å². The molecular weight excluding hydrogens is 698 g/mol. The maximum Gasteiger partial charge on any atom is 0.416 e. The molecular formula is C41H34F6N2O4. The van der Waals surface area contributed by atoms with E-state index in [-0.39, 0.29) is 30.6 Å². The Kier molecular flexibility index (Phi) is 11.4. The first kappa shape index (κ1) is 38.3. The van der Waals surface area contributed by atoms with Gasteiger partial charge in [-0.1, -0.05) is 42.8 Å². The van der Waals surface area contributed by atoms with Crippen molar-refractivity contribution in [1.29, 1.82) is 0 Å². The molecule has 0 saturated carbocycles. The fourth-order valence-electron chi connectivity index (χ4n) is 6.21. The molecule has 0 radical (unpaired) electrons. The number of ether oxygens (including phenoxy) is 2. The van der Waals surface area contributed by atoms with Crippen LogP contribution in [0.3, 0.4) is 0 Å². The first-order valence-electron chi connectivity index (χ1n) is 16.4. The first-order chi connectivity index (χ1) is 25.1. The van der Waals surface area contributed by atoms with Crippen LogP contribution >= 0.6 is 0 Å². The maximum atomic E-state index is 13.0. The summed E-state index contributed by atoms with van der Waals surface area (Å²) in [7, 11) is 0. The average Bonchev–Trinajstić information content (AvgIpc) is 3.77. The van der Waals surface area contributed by atoms with E-state index in [9.17, 15) is 35.9 Å². The van der Waals surface area contributed by atoms with E-state index in [0.717, 1.165) is 46.8 Å². The molecule has 0 fully saturated rings. The number of benzene rings is 4. The molecule has 2 heterocycles. The summed E-state index contributed by atoms with van der Waals surface area (Å²) in [6, 6.07) is 18.0. The van der Waals surface area contributed by atoms with Crippen LogP contribution in [-0.2, 0) is 48.0 Å². The number of terminal acetylenes is 1. The Hall–Kier alpha value is -5.96. The maximum absolute atomic E-state index is 13.0. The minimum atomic E-state index is -4.48. The predicted molar refractivity (Wildman–Crippen MR) is 190 cm³/mol. The summed E-state index contributed by atoms with van der Waals surface area (Å²) in [6.07, 6.45) is 0.124. The monoisotopic (exact) mass is 732 g/mol. The molecule has 0 atom stereocenters. The van der Waals surface area contributed by atoms with Gasteiger partial charge in [-0.2, -0.15) is 26.3 Å². The Labute approximate surface area is 302 Å². The van der Waals surface area contributed by atoms with Gasteiger partial charge in [0, 0.05) is 29.8 Å². The van der Waals surface area contributed by atoms with Gasteiger partial charge in [0.05, 0.1) is 22.5 Å². The van der Waals surface area contributed by atoms with Gasteiger partial charge in [0.15, 0.2) is 0 Å². The van der Waals surface area contributed by atoms with Crippen molar-refractivity contribution < 1.29 is 45.4 Å². The van der Waals surface area contributed by atoms with Crippen molar-refractivity contribution in [2.24, 2.45) is 0 Å². The molecule has 0 spiro atoms. The summed E-state index contributed by atoms with van der Waals surface area (Å²) in [4.78, 5) is 27.0. The quantitative estimate of drug-likeness (QED) is 0.103. The van der Waals surface area contributed by atoms with Crippen LogP contribution < -0.4 is 19.3 Å². The van der Waals surface area contributed by atoms with Crippen molar-refractivity contribution >= 4 is 23.2 Å². The molecule has 12 heteroatoms. The number of carbonyl (C=O) groups is 2. The lowest BCUT2D eigenvalue weighted by Gasteiger charge is -2.16. The Morgan fingerprint density at radius 1 is 0.736 bits per heavy atom. The molecule has 53 heavy (non-hydrogen) atoms. The fourth-order valence-corrected chi connectivity index (χ4v) is 6.21. The lowest BCUT2D eigenvalue weighted by molar-refractivity contribution is -0.138. The number of hydrogen-bond donors (Lipinski definition) is 0. The zero-order valence-electron chi connectivity index (χ0n) is 28.6. The van der Waals surface area contributed by atoms with E-state index >= 15 is 0 Å². The Balaban J connectivity index is 0.000000204. The lowest BCUT2D eigenvalue weighted by atomic mass is 10.1. The Morgan fingerprint density at radius 3 is 1.62 bits per heavy atom. The number of halogens is 6. The Bertz CT molecular complexity index is 2100. The van der Waals surface area contributed by atoms with Gasteiger partial charge in [-0.05, 0) is 97.6 Å². The molecule has 0 aromatic heterocycles. The molecule has 2 aliphatic heterocycles. The lowest BCUT2D eigenvalue weighted by Crippen LogP contribution is -2.26. The topological polar surface area (TPSA) is 59.1 Å². The third-order valence-electron chi connectivity index (χ3n) is 8.59. The van der Waals surface area contributed by atoms with Gasteiger partial charge in [-0.15, -0.1) is 6.42 Å². The van der Waals surface area contributed by atoms with Crippen LogP contribution in [-0.4, -0.2) is 24.9 Å². The van der Waals surface area contributed by atoms with Crippen LogP contribution in [0, 0.1) is 19.3 Å². The van der Waals surface area contributed by atoms with E-state index in [1.807, 2.05) is 6.07 Å². The third-order valence-corrected chi connectivity index (χ3v) is 8.59. The van der Waals surface area contributed by atoms with Crippen molar-refractivity contribution in [3.63, 3.8) is 0 Å². The molecule has 2 aliphatic rings. The summed E-state index contributed by atoms with van der Waals surface area (Å²) in [5.41, 5.74) is 3.17. The SMILES string of the molecule is C#Cc1cc(COc2cccc3c2CCN3C(=O)C=C)cc(C(F)(F)F)c1.C=CC(=O)N1CCc2c(OCc3cc(C)cc(C(F)(F)F)c3)cccc21. The number of amides is 2. The molecule has 4 aromatic carbocycles. The molecule has 0 aliphatic carbocycles. The first-order valence-corrected chi connectivity index (χ1v) is 16.4. The van der Waals surface area contributed by atoms with Crippen LogP contribution in [0.2, 0.25) is 0 Å². The molecule has 274 valence electrons. The summed E-state index contributed by atoms with van der Waals surface area (Å²) < 4.78 is 89.5. The van der Waals surface area contributed by atoms with E-state index in [0.29, 0.717) is 54.1 Å². The van der Waals surface area contributed by atoms with Crippen molar-refractivity contribution in [2.75, 3.05) is 22.9 Å². The molecule has 4 aromatic rings. The summed E-state index contributed by atoms with van der Waals surface area (Å²) >= 11 is 0. The van der Waals surface area contributed by atoms with Crippen molar-refractivity contribution in [3.05, 3.63) is 143 Å². The highest BCUT2D eigenvalue weighted by Gasteiger charge is 2.32. The number of nitrogens with zero attached hydrogens (tertiary/aromatic N) is 2. The highest BCUT2D eigenvalue weighted by atomic mass is 19.4.